The Labute approximate surface area is 164 Å². The third kappa shape index (κ3) is 3.30. The normalized spacial score (nSPS) is 19.9. The highest BCUT2D eigenvalue weighted by molar-refractivity contribution is 5.98. The fraction of sp³-hybridized carbons (Fsp3) is 0.524. The minimum Gasteiger partial charge on any atom is -0.343 e. The molecule has 2 amide bonds. The van der Waals surface area contributed by atoms with E-state index in [1.165, 1.54) is 0 Å². The highest BCUT2D eigenvalue weighted by Crippen LogP contribution is 2.41. The molecule has 0 N–H and O–H groups in total. The molecule has 0 aliphatic carbocycles. The molecule has 1 atom stereocenters. The van der Waals surface area contributed by atoms with Gasteiger partial charge in [-0.3, -0.25) is 14.5 Å². The molecule has 0 radical (unpaired) electrons. The van der Waals surface area contributed by atoms with Gasteiger partial charge in [-0.1, -0.05) is 37.2 Å². The largest absolute Gasteiger partial charge is 0.343 e. The molecule has 7 nitrogen and oxygen atoms in total. The van der Waals surface area contributed by atoms with E-state index in [1.807, 2.05) is 47.9 Å². The van der Waals surface area contributed by atoms with Gasteiger partial charge in [-0.05, 0) is 24.5 Å². The van der Waals surface area contributed by atoms with Crippen LogP contribution >= 0.6 is 0 Å². The van der Waals surface area contributed by atoms with Crippen molar-refractivity contribution in [1.29, 1.82) is 0 Å². The maximum absolute atomic E-state index is 13.5. The second-order valence-electron chi connectivity index (χ2n) is 7.98. The first kappa shape index (κ1) is 18.7. The molecular weight excluding hydrogens is 356 g/mol. The summed E-state index contributed by atoms with van der Waals surface area (Å²) in [6.07, 6.45) is 2.05. The van der Waals surface area contributed by atoms with Gasteiger partial charge >= 0.3 is 0 Å². The fourth-order valence-corrected chi connectivity index (χ4v) is 4.11. The average molecular weight is 382 g/mol. The summed E-state index contributed by atoms with van der Waals surface area (Å²) in [5.41, 5.74) is 2.04. The van der Waals surface area contributed by atoms with E-state index in [2.05, 4.69) is 10.1 Å². The molecule has 1 aromatic carbocycles. The van der Waals surface area contributed by atoms with E-state index in [1.54, 1.807) is 6.92 Å². The van der Waals surface area contributed by atoms with Gasteiger partial charge in [0.05, 0.1) is 0 Å². The van der Waals surface area contributed by atoms with Crippen LogP contribution in [0, 0.1) is 5.92 Å². The highest BCUT2D eigenvalue weighted by Gasteiger charge is 2.41. The molecule has 1 saturated heterocycles. The van der Waals surface area contributed by atoms with Crippen molar-refractivity contribution in [3.63, 3.8) is 0 Å². The van der Waals surface area contributed by atoms with Crippen molar-refractivity contribution in [1.82, 2.24) is 15.0 Å². The Hall–Kier alpha value is -2.70. The lowest BCUT2D eigenvalue weighted by atomic mass is 9.94. The number of nitrogens with zero attached hydrogens (tertiary/aromatic N) is 4. The van der Waals surface area contributed by atoms with Crippen molar-refractivity contribution < 1.29 is 14.1 Å². The zero-order valence-corrected chi connectivity index (χ0v) is 16.6. The third-order valence-electron chi connectivity index (χ3n) is 5.76. The smallest absolute Gasteiger partial charge is 0.250 e. The van der Waals surface area contributed by atoms with Crippen LogP contribution in [0.25, 0.3) is 0 Å². The van der Waals surface area contributed by atoms with E-state index >= 15 is 0 Å². The summed E-state index contributed by atoms with van der Waals surface area (Å²) in [5.74, 6) is 1.38. The van der Waals surface area contributed by atoms with Crippen molar-refractivity contribution in [2.24, 2.45) is 5.92 Å². The first-order valence-corrected chi connectivity index (χ1v) is 9.95. The van der Waals surface area contributed by atoms with Gasteiger partial charge in [0.2, 0.25) is 17.7 Å². The number of para-hydroxylation sites is 1. The van der Waals surface area contributed by atoms with Crippen LogP contribution in [0.15, 0.2) is 28.8 Å². The first-order chi connectivity index (χ1) is 13.5. The van der Waals surface area contributed by atoms with E-state index in [4.69, 9.17) is 4.52 Å². The average Bonchev–Trinajstić information content (AvgIpc) is 3.32. The maximum Gasteiger partial charge on any atom is 0.250 e. The molecule has 148 valence electrons. The molecule has 1 aromatic heterocycles. The first-order valence-electron chi connectivity index (χ1n) is 9.95. The zero-order chi connectivity index (χ0) is 19.8. The summed E-state index contributed by atoms with van der Waals surface area (Å²) in [6.45, 7) is 6.87. The summed E-state index contributed by atoms with van der Waals surface area (Å²) in [4.78, 5) is 33.3. The zero-order valence-electron chi connectivity index (χ0n) is 16.6. The Bertz CT molecular complexity index is 883. The summed E-state index contributed by atoms with van der Waals surface area (Å²) in [6, 6.07) is 7.71. The summed E-state index contributed by atoms with van der Waals surface area (Å²) in [5, 5.41) is 4.09. The number of hydrogen-bond acceptors (Lipinski definition) is 5. The number of piperidine rings is 1. The molecule has 0 saturated carbocycles. The topological polar surface area (TPSA) is 79.5 Å². The van der Waals surface area contributed by atoms with Crippen LogP contribution in [0.3, 0.4) is 0 Å². The molecule has 0 spiro atoms. The van der Waals surface area contributed by atoms with Gasteiger partial charge in [0.15, 0.2) is 5.82 Å². The van der Waals surface area contributed by atoms with Crippen molar-refractivity contribution in [2.45, 2.75) is 52.0 Å². The van der Waals surface area contributed by atoms with Gasteiger partial charge in [0.1, 0.15) is 6.04 Å². The van der Waals surface area contributed by atoms with Gasteiger partial charge in [-0.25, -0.2) is 0 Å². The Morgan fingerprint density at radius 2 is 1.89 bits per heavy atom. The molecule has 7 heteroatoms. The molecule has 3 heterocycles. The number of carbonyl (C=O) groups is 2. The maximum atomic E-state index is 13.5. The lowest BCUT2D eigenvalue weighted by Crippen LogP contribution is -2.44. The number of aromatic nitrogens is 2. The number of carbonyl (C=O) groups excluding carboxylic acids is 2. The second-order valence-corrected chi connectivity index (χ2v) is 7.98. The minimum absolute atomic E-state index is 0.0716. The van der Waals surface area contributed by atoms with Gasteiger partial charge in [-0.2, -0.15) is 4.98 Å². The fourth-order valence-electron chi connectivity index (χ4n) is 4.11. The van der Waals surface area contributed by atoms with Crippen LogP contribution in [0.5, 0.6) is 0 Å². The SMILES string of the molecule is CC(=O)N1CCC(C(=O)N2c3ccccc3CC2c2nc(C(C)C)no2)CC1. The quantitative estimate of drug-likeness (QED) is 0.815. The predicted molar refractivity (Wildman–Crippen MR) is 104 cm³/mol. The van der Waals surface area contributed by atoms with Gasteiger partial charge in [-0.15, -0.1) is 0 Å². The number of hydrogen-bond donors (Lipinski definition) is 0. The molecule has 2 aliphatic heterocycles. The number of rotatable bonds is 3. The molecule has 0 bridgehead atoms. The number of anilines is 1. The lowest BCUT2D eigenvalue weighted by Gasteiger charge is -2.34. The summed E-state index contributed by atoms with van der Waals surface area (Å²) >= 11 is 0. The Morgan fingerprint density at radius 1 is 1.18 bits per heavy atom. The summed E-state index contributed by atoms with van der Waals surface area (Å²) in [7, 11) is 0. The van der Waals surface area contributed by atoms with Crippen LogP contribution in [-0.4, -0.2) is 39.9 Å². The van der Waals surface area contributed by atoms with Crippen molar-refractivity contribution in [2.75, 3.05) is 18.0 Å². The molecule has 4 rings (SSSR count). The number of benzene rings is 1. The minimum atomic E-state index is -0.268. The molecule has 1 fully saturated rings. The summed E-state index contributed by atoms with van der Waals surface area (Å²) < 4.78 is 5.55. The Kier molecular flexibility index (Phi) is 4.91. The van der Waals surface area contributed by atoms with Crippen molar-refractivity contribution in [3.05, 3.63) is 41.5 Å². The monoisotopic (exact) mass is 382 g/mol. The standard InChI is InChI=1S/C21H26N4O3/c1-13(2)19-22-20(28-23-19)18-12-16-6-4-5-7-17(16)25(18)21(27)15-8-10-24(11-9-15)14(3)26/h4-7,13,15,18H,8-12H2,1-3H3. The van der Waals surface area contributed by atoms with Crippen LogP contribution in [0.4, 0.5) is 5.69 Å². The van der Waals surface area contributed by atoms with Crippen LogP contribution < -0.4 is 4.90 Å². The molecule has 2 aromatic rings. The van der Waals surface area contributed by atoms with Crippen LogP contribution in [0.2, 0.25) is 0 Å². The van der Waals surface area contributed by atoms with E-state index < -0.39 is 0 Å². The third-order valence-corrected chi connectivity index (χ3v) is 5.76. The molecule has 2 aliphatic rings. The lowest BCUT2D eigenvalue weighted by molar-refractivity contribution is -0.133. The number of fused-ring (bicyclic) bond motifs is 1. The van der Waals surface area contributed by atoms with Gasteiger partial charge < -0.3 is 9.42 Å². The predicted octanol–water partition coefficient (Wildman–Crippen LogP) is 3.08. The van der Waals surface area contributed by atoms with Crippen LogP contribution in [0.1, 0.15) is 62.9 Å². The number of amides is 2. The highest BCUT2D eigenvalue weighted by atomic mass is 16.5. The second kappa shape index (κ2) is 7.37. The molecule has 1 unspecified atom stereocenters. The van der Waals surface area contributed by atoms with E-state index in [9.17, 15) is 9.59 Å². The molecular formula is C21H26N4O3. The van der Waals surface area contributed by atoms with Crippen LogP contribution in [-0.2, 0) is 16.0 Å². The van der Waals surface area contributed by atoms with E-state index in [-0.39, 0.29) is 29.7 Å². The van der Waals surface area contributed by atoms with Crippen molar-refractivity contribution >= 4 is 17.5 Å². The van der Waals surface area contributed by atoms with E-state index in [0.29, 0.717) is 44.1 Å². The molecule has 28 heavy (non-hydrogen) atoms. The van der Waals surface area contributed by atoms with Crippen molar-refractivity contribution in [3.8, 4) is 0 Å². The van der Waals surface area contributed by atoms with Gasteiger partial charge in [0, 0.05) is 44.0 Å². The van der Waals surface area contributed by atoms with Gasteiger partial charge in [0.25, 0.3) is 0 Å². The number of likely N-dealkylation sites (tertiary alicyclic amines) is 1. The Morgan fingerprint density at radius 3 is 2.54 bits per heavy atom. The van der Waals surface area contributed by atoms with E-state index in [0.717, 1.165) is 11.3 Å². The Balaban J connectivity index is 1.61.